The summed E-state index contributed by atoms with van der Waals surface area (Å²) < 4.78 is 13.0. The Hall–Kier alpha value is -1.72. The van der Waals surface area contributed by atoms with Gasteiger partial charge in [-0.05, 0) is 57.1 Å². The molecule has 2 aromatic rings. The van der Waals surface area contributed by atoms with E-state index in [1.807, 2.05) is 6.20 Å². The number of hydrogen-bond donors (Lipinski definition) is 2. The van der Waals surface area contributed by atoms with Crippen LogP contribution in [0.2, 0.25) is 0 Å². The third kappa shape index (κ3) is 3.54. The van der Waals surface area contributed by atoms with Gasteiger partial charge < -0.3 is 10.2 Å². The second-order valence-electron chi connectivity index (χ2n) is 6.28. The standard InChI is InChI=1S/C17H23FN4/c1-22(2)16(12-3-4-12)11-19-9-14-10-20-21-17(14)13-5-7-15(18)8-6-13/h5-8,10,12,16,19H,3-4,9,11H2,1-2H3,(H,20,21)/t16-/m1/s1. The predicted octanol–water partition coefficient (Wildman–Crippen LogP) is 2.65. The average Bonchev–Trinajstić information content (AvgIpc) is 3.22. The van der Waals surface area contributed by atoms with Crippen LogP contribution in [0.3, 0.4) is 0 Å². The maximum absolute atomic E-state index is 13.0. The van der Waals surface area contributed by atoms with Gasteiger partial charge >= 0.3 is 0 Å². The number of halogens is 1. The van der Waals surface area contributed by atoms with Crippen molar-refractivity contribution in [1.82, 2.24) is 20.4 Å². The van der Waals surface area contributed by atoms with Crippen LogP contribution in [0.4, 0.5) is 4.39 Å². The molecule has 1 heterocycles. The highest BCUT2D eigenvalue weighted by molar-refractivity contribution is 5.62. The number of nitrogens with zero attached hydrogens (tertiary/aromatic N) is 2. The van der Waals surface area contributed by atoms with Crippen molar-refractivity contribution in [2.75, 3.05) is 20.6 Å². The molecule has 1 aromatic carbocycles. The zero-order chi connectivity index (χ0) is 15.5. The maximum atomic E-state index is 13.0. The van der Waals surface area contributed by atoms with Gasteiger partial charge in [0.25, 0.3) is 0 Å². The van der Waals surface area contributed by atoms with Crippen molar-refractivity contribution >= 4 is 0 Å². The summed E-state index contributed by atoms with van der Waals surface area (Å²) in [6.45, 7) is 1.74. The Balaban J connectivity index is 1.61. The van der Waals surface area contributed by atoms with Gasteiger partial charge in [-0.25, -0.2) is 4.39 Å². The lowest BCUT2D eigenvalue weighted by Crippen LogP contribution is -2.39. The van der Waals surface area contributed by atoms with E-state index in [4.69, 9.17) is 0 Å². The zero-order valence-electron chi connectivity index (χ0n) is 13.1. The molecule has 5 heteroatoms. The second kappa shape index (κ2) is 6.58. The third-order valence-electron chi connectivity index (χ3n) is 4.35. The first kappa shape index (κ1) is 15.2. The monoisotopic (exact) mass is 302 g/mol. The first-order valence-corrected chi connectivity index (χ1v) is 7.80. The summed E-state index contributed by atoms with van der Waals surface area (Å²) in [5.74, 6) is 0.615. The highest BCUT2D eigenvalue weighted by atomic mass is 19.1. The molecule has 0 spiro atoms. The molecule has 2 N–H and O–H groups in total. The van der Waals surface area contributed by atoms with Crippen LogP contribution < -0.4 is 5.32 Å². The van der Waals surface area contributed by atoms with E-state index in [0.717, 1.165) is 35.8 Å². The quantitative estimate of drug-likeness (QED) is 0.826. The highest BCUT2D eigenvalue weighted by Crippen LogP contribution is 2.34. The fraction of sp³-hybridized carbons (Fsp3) is 0.471. The van der Waals surface area contributed by atoms with Gasteiger partial charge in [0.15, 0.2) is 0 Å². The maximum Gasteiger partial charge on any atom is 0.123 e. The van der Waals surface area contributed by atoms with E-state index in [1.54, 1.807) is 12.1 Å². The fourth-order valence-corrected chi connectivity index (χ4v) is 2.92. The highest BCUT2D eigenvalue weighted by Gasteiger charge is 2.32. The van der Waals surface area contributed by atoms with Crippen molar-refractivity contribution < 1.29 is 4.39 Å². The first-order chi connectivity index (χ1) is 10.6. The van der Waals surface area contributed by atoms with Crippen LogP contribution in [0.25, 0.3) is 11.3 Å². The van der Waals surface area contributed by atoms with E-state index in [9.17, 15) is 4.39 Å². The topological polar surface area (TPSA) is 44.0 Å². The van der Waals surface area contributed by atoms with Crippen LogP contribution in [-0.2, 0) is 6.54 Å². The molecule has 0 unspecified atom stereocenters. The molecule has 1 saturated carbocycles. The summed E-state index contributed by atoms with van der Waals surface area (Å²) in [7, 11) is 4.29. The summed E-state index contributed by atoms with van der Waals surface area (Å²) in [5.41, 5.74) is 3.03. The SMILES string of the molecule is CN(C)[C@H](CNCc1cn[nH]c1-c1ccc(F)cc1)C1CC1. The van der Waals surface area contributed by atoms with Crippen LogP contribution in [0.5, 0.6) is 0 Å². The van der Waals surface area contributed by atoms with Gasteiger partial charge in [-0.3, -0.25) is 5.10 Å². The molecule has 0 saturated heterocycles. The lowest BCUT2D eigenvalue weighted by Gasteiger charge is -2.24. The minimum atomic E-state index is -0.221. The van der Waals surface area contributed by atoms with Crippen LogP contribution in [0.1, 0.15) is 18.4 Å². The molecule has 0 bridgehead atoms. The Labute approximate surface area is 130 Å². The molecule has 0 radical (unpaired) electrons. The second-order valence-corrected chi connectivity index (χ2v) is 6.28. The average molecular weight is 302 g/mol. The van der Waals surface area contributed by atoms with Crippen LogP contribution in [0.15, 0.2) is 30.5 Å². The van der Waals surface area contributed by atoms with E-state index < -0.39 is 0 Å². The molecule has 22 heavy (non-hydrogen) atoms. The van der Waals surface area contributed by atoms with Crippen molar-refractivity contribution in [2.24, 2.45) is 5.92 Å². The lowest BCUT2D eigenvalue weighted by molar-refractivity contribution is 0.255. The normalized spacial score (nSPS) is 16.2. The van der Waals surface area contributed by atoms with Crippen molar-refractivity contribution in [3.63, 3.8) is 0 Å². The molecule has 1 atom stereocenters. The van der Waals surface area contributed by atoms with E-state index in [1.165, 1.54) is 25.0 Å². The molecular weight excluding hydrogens is 279 g/mol. The number of benzene rings is 1. The predicted molar refractivity (Wildman–Crippen MR) is 85.9 cm³/mol. The Kier molecular flexibility index (Phi) is 4.55. The Morgan fingerprint density at radius 2 is 2.05 bits per heavy atom. The fourth-order valence-electron chi connectivity index (χ4n) is 2.92. The zero-order valence-corrected chi connectivity index (χ0v) is 13.1. The first-order valence-electron chi connectivity index (χ1n) is 7.80. The molecule has 1 aliphatic carbocycles. The van der Waals surface area contributed by atoms with Crippen LogP contribution in [0, 0.1) is 11.7 Å². The van der Waals surface area contributed by atoms with Gasteiger partial charge in [-0.2, -0.15) is 5.10 Å². The minimum absolute atomic E-state index is 0.221. The Morgan fingerprint density at radius 3 is 2.68 bits per heavy atom. The van der Waals surface area contributed by atoms with E-state index in [-0.39, 0.29) is 5.82 Å². The number of nitrogens with one attached hydrogen (secondary N) is 2. The van der Waals surface area contributed by atoms with Crippen molar-refractivity contribution in [3.05, 3.63) is 41.8 Å². The van der Waals surface area contributed by atoms with E-state index in [0.29, 0.717) is 6.04 Å². The van der Waals surface area contributed by atoms with Crippen LogP contribution in [-0.4, -0.2) is 41.8 Å². The Morgan fingerprint density at radius 1 is 1.32 bits per heavy atom. The molecule has 1 aromatic heterocycles. The third-order valence-corrected chi connectivity index (χ3v) is 4.35. The summed E-state index contributed by atoms with van der Waals surface area (Å²) in [6, 6.07) is 7.10. The largest absolute Gasteiger partial charge is 0.311 e. The van der Waals surface area contributed by atoms with Crippen LogP contribution >= 0.6 is 0 Å². The summed E-state index contributed by atoms with van der Waals surface area (Å²) >= 11 is 0. The van der Waals surface area contributed by atoms with E-state index >= 15 is 0 Å². The van der Waals surface area contributed by atoms with Gasteiger partial charge in [0.1, 0.15) is 5.82 Å². The summed E-state index contributed by atoms with van der Waals surface area (Å²) in [5, 5.41) is 10.7. The van der Waals surface area contributed by atoms with Crippen molar-refractivity contribution in [3.8, 4) is 11.3 Å². The molecule has 0 amide bonds. The van der Waals surface area contributed by atoms with E-state index in [2.05, 4.69) is 34.5 Å². The van der Waals surface area contributed by atoms with Gasteiger partial charge in [0, 0.05) is 30.3 Å². The number of rotatable bonds is 7. The number of H-pyrrole nitrogens is 1. The van der Waals surface area contributed by atoms with Gasteiger partial charge in [0.05, 0.1) is 11.9 Å². The number of hydrogen-bond acceptors (Lipinski definition) is 3. The molecule has 4 nitrogen and oxygen atoms in total. The molecule has 1 aliphatic rings. The molecule has 3 rings (SSSR count). The number of aromatic amines is 1. The lowest BCUT2D eigenvalue weighted by atomic mass is 10.1. The molecule has 0 aliphatic heterocycles. The number of aromatic nitrogens is 2. The van der Waals surface area contributed by atoms with Gasteiger partial charge in [0.2, 0.25) is 0 Å². The molecule has 118 valence electrons. The van der Waals surface area contributed by atoms with Gasteiger partial charge in [-0.15, -0.1) is 0 Å². The smallest absolute Gasteiger partial charge is 0.123 e. The minimum Gasteiger partial charge on any atom is -0.311 e. The molecule has 1 fully saturated rings. The van der Waals surface area contributed by atoms with Gasteiger partial charge in [-0.1, -0.05) is 0 Å². The Bertz CT molecular complexity index is 599. The molecular formula is C17H23FN4. The summed E-state index contributed by atoms with van der Waals surface area (Å²) in [6.07, 6.45) is 4.53. The van der Waals surface area contributed by atoms with Crippen molar-refractivity contribution in [1.29, 1.82) is 0 Å². The number of likely N-dealkylation sites (N-methyl/N-ethyl adjacent to an activating group) is 1. The van der Waals surface area contributed by atoms with Crippen molar-refractivity contribution in [2.45, 2.75) is 25.4 Å². The summed E-state index contributed by atoms with van der Waals surface area (Å²) in [4.78, 5) is 2.31.